The maximum atomic E-state index is 13.2. The standard InChI is InChI=1S/C23H30ClFN4O2.HI/c1-26-23(27-9-6-16-4-5-17(25)12-22(16)24)28-18-7-10-29(11-8-18)19-13-20(30-2)15-21(14-19)31-3;/h4-5,12-15,18H,6-11H2,1-3H3,(H2,26,27,28);1H. The maximum Gasteiger partial charge on any atom is 0.191 e. The number of anilines is 1. The zero-order chi connectivity index (χ0) is 22.2. The number of nitrogens with zero attached hydrogens (tertiary/aromatic N) is 2. The first-order valence-electron chi connectivity index (χ1n) is 10.4. The van der Waals surface area contributed by atoms with Crippen LogP contribution < -0.4 is 25.0 Å². The Morgan fingerprint density at radius 3 is 2.34 bits per heavy atom. The summed E-state index contributed by atoms with van der Waals surface area (Å²) in [6, 6.07) is 10.8. The lowest BCUT2D eigenvalue weighted by atomic mass is 10.0. The normalized spacial score (nSPS) is 14.5. The summed E-state index contributed by atoms with van der Waals surface area (Å²) in [5.41, 5.74) is 2.02. The molecule has 1 aliphatic rings. The first kappa shape index (κ1) is 26.3. The Balaban J connectivity index is 0.00000363. The van der Waals surface area contributed by atoms with Crippen LogP contribution in [0.2, 0.25) is 5.02 Å². The summed E-state index contributed by atoms with van der Waals surface area (Å²) in [7, 11) is 5.09. The number of rotatable bonds is 7. The second-order valence-electron chi connectivity index (χ2n) is 7.46. The third kappa shape index (κ3) is 7.30. The van der Waals surface area contributed by atoms with Crippen LogP contribution in [0.1, 0.15) is 18.4 Å². The molecule has 6 nitrogen and oxygen atoms in total. The smallest absolute Gasteiger partial charge is 0.191 e. The molecular weight excluding hydrogens is 546 g/mol. The monoisotopic (exact) mass is 576 g/mol. The van der Waals surface area contributed by atoms with E-state index in [0.29, 0.717) is 24.0 Å². The summed E-state index contributed by atoms with van der Waals surface area (Å²) >= 11 is 6.10. The second-order valence-corrected chi connectivity index (χ2v) is 7.87. The number of guanidine groups is 1. The average Bonchev–Trinajstić information content (AvgIpc) is 2.79. The molecule has 176 valence electrons. The van der Waals surface area contributed by atoms with Gasteiger partial charge in [-0.2, -0.15) is 0 Å². The van der Waals surface area contributed by atoms with E-state index in [4.69, 9.17) is 21.1 Å². The van der Waals surface area contributed by atoms with Gasteiger partial charge in [-0.05, 0) is 37.0 Å². The molecule has 1 fully saturated rings. The van der Waals surface area contributed by atoms with Crippen LogP contribution in [0.25, 0.3) is 0 Å². The topological polar surface area (TPSA) is 58.1 Å². The van der Waals surface area contributed by atoms with Gasteiger partial charge in [0.05, 0.1) is 14.2 Å². The van der Waals surface area contributed by atoms with E-state index in [1.54, 1.807) is 27.3 Å². The van der Waals surface area contributed by atoms with Gasteiger partial charge < -0.3 is 25.0 Å². The van der Waals surface area contributed by atoms with E-state index in [2.05, 4.69) is 20.5 Å². The third-order valence-electron chi connectivity index (χ3n) is 5.46. The number of benzene rings is 2. The van der Waals surface area contributed by atoms with Crippen molar-refractivity contribution < 1.29 is 13.9 Å². The number of aliphatic imine (C=N–C) groups is 1. The van der Waals surface area contributed by atoms with E-state index in [9.17, 15) is 4.39 Å². The van der Waals surface area contributed by atoms with Crippen molar-refractivity contribution in [2.45, 2.75) is 25.3 Å². The van der Waals surface area contributed by atoms with Crippen molar-refractivity contribution in [3.8, 4) is 11.5 Å². The quantitative estimate of drug-likeness (QED) is 0.289. The van der Waals surface area contributed by atoms with E-state index in [0.717, 1.165) is 54.6 Å². The summed E-state index contributed by atoms with van der Waals surface area (Å²) < 4.78 is 24.0. The zero-order valence-corrected chi connectivity index (χ0v) is 21.7. The molecule has 2 aromatic carbocycles. The van der Waals surface area contributed by atoms with Gasteiger partial charge in [0, 0.05) is 61.6 Å². The fourth-order valence-electron chi connectivity index (χ4n) is 3.69. The molecule has 2 aromatic rings. The van der Waals surface area contributed by atoms with Crippen molar-refractivity contribution in [3.63, 3.8) is 0 Å². The molecule has 0 aliphatic carbocycles. The molecule has 32 heavy (non-hydrogen) atoms. The van der Waals surface area contributed by atoms with E-state index >= 15 is 0 Å². The fraction of sp³-hybridized carbons (Fsp3) is 0.435. The van der Waals surface area contributed by atoms with Crippen molar-refractivity contribution in [2.24, 2.45) is 4.99 Å². The highest BCUT2D eigenvalue weighted by Crippen LogP contribution is 2.30. The molecule has 0 bridgehead atoms. The predicted molar refractivity (Wildman–Crippen MR) is 140 cm³/mol. The molecule has 9 heteroatoms. The molecule has 2 N–H and O–H groups in total. The Kier molecular flexibility index (Phi) is 10.6. The van der Waals surface area contributed by atoms with Gasteiger partial charge in [0.25, 0.3) is 0 Å². The van der Waals surface area contributed by atoms with Gasteiger partial charge >= 0.3 is 0 Å². The van der Waals surface area contributed by atoms with Gasteiger partial charge in [0.15, 0.2) is 5.96 Å². The summed E-state index contributed by atoms with van der Waals surface area (Å²) in [6.45, 7) is 2.51. The zero-order valence-electron chi connectivity index (χ0n) is 18.7. The number of halogens is 3. The van der Waals surface area contributed by atoms with Gasteiger partial charge in [-0.25, -0.2) is 4.39 Å². The average molecular weight is 577 g/mol. The van der Waals surface area contributed by atoms with Crippen LogP contribution >= 0.6 is 35.6 Å². The van der Waals surface area contributed by atoms with E-state index in [-0.39, 0.29) is 29.8 Å². The lowest BCUT2D eigenvalue weighted by Crippen LogP contribution is -2.49. The predicted octanol–water partition coefficient (Wildman–Crippen LogP) is 4.49. The Hall–Kier alpha value is -1.94. The molecule has 1 saturated heterocycles. The van der Waals surface area contributed by atoms with Crippen LogP contribution in [-0.4, -0.2) is 52.9 Å². The third-order valence-corrected chi connectivity index (χ3v) is 5.81. The summed E-state index contributed by atoms with van der Waals surface area (Å²) in [6.07, 6.45) is 2.67. The second kappa shape index (κ2) is 12.9. The minimum absolute atomic E-state index is 0. The number of ether oxygens (including phenoxy) is 2. The van der Waals surface area contributed by atoms with Gasteiger partial charge in [-0.1, -0.05) is 17.7 Å². The molecule has 0 radical (unpaired) electrons. The number of methoxy groups -OCH3 is 2. The molecular formula is C23H31ClFIN4O2. The van der Waals surface area contributed by atoms with E-state index < -0.39 is 0 Å². The first-order chi connectivity index (χ1) is 15.0. The molecule has 1 aliphatic heterocycles. The maximum absolute atomic E-state index is 13.2. The molecule has 3 rings (SSSR count). The van der Waals surface area contributed by atoms with Crippen LogP contribution in [0, 0.1) is 5.82 Å². The first-order valence-corrected chi connectivity index (χ1v) is 10.8. The SMILES string of the molecule is CN=C(NCCc1ccc(F)cc1Cl)NC1CCN(c2cc(OC)cc(OC)c2)CC1.I. The Bertz CT molecular complexity index is 885. The van der Waals surface area contributed by atoms with Crippen molar-refractivity contribution in [1.82, 2.24) is 10.6 Å². The lowest BCUT2D eigenvalue weighted by molar-refractivity contribution is 0.393. The summed E-state index contributed by atoms with van der Waals surface area (Å²) in [5.74, 6) is 2.03. The fourth-order valence-corrected chi connectivity index (χ4v) is 3.95. The largest absolute Gasteiger partial charge is 0.497 e. The number of nitrogens with one attached hydrogen (secondary N) is 2. The minimum atomic E-state index is -0.321. The van der Waals surface area contributed by atoms with Crippen LogP contribution in [0.5, 0.6) is 11.5 Å². The molecule has 0 aromatic heterocycles. The molecule has 0 amide bonds. The van der Waals surface area contributed by atoms with Crippen LogP contribution in [0.4, 0.5) is 10.1 Å². The highest BCUT2D eigenvalue weighted by molar-refractivity contribution is 14.0. The van der Waals surface area contributed by atoms with Crippen molar-refractivity contribution in [3.05, 3.63) is 52.8 Å². The number of hydrogen-bond acceptors (Lipinski definition) is 4. The van der Waals surface area contributed by atoms with Gasteiger partial charge in [0.1, 0.15) is 17.3 Å². The van der Waals surface area contributed by atoms with Crippen molar-refractivity contribution in [2.75, 3.05) is 45.8 Å². The minimum Gasteiger partial charge on any atom is -0.497 e. The van der Waals surface area contributed by atoms with Crippen molar-refractivity contribution >= 4 is 47.2 Å². The Morgan fingerprint density at radius 2 is 1.78 bits per heavy atom. The molecule has 1 heterocycles. The number of hydrogen-bond donors (Lipinski definition) is 2. The van der Waals surface area contributed by atoms with Gasteiger partial charge in [0.2, 0.25) is 0 Å². The summed E-state index contributed by atoms with van der Waals surface area (Å²) in [5, 5.41) is 7.27. The van der Waals surface area contributed by atoms with Crippen LogP contribution in [-0.2, 0) is 6.42 Å². The van der Waals surface area contributed by atoms with Crippen LogP contribution in [0.15, 0.2) is 41.4 Å². The van der Waals surface area contributed by atoms with Gasteiger partial charge in [-0.15, -0.1) is 24.0 Å². The molecule has 0 unspecified atom stereocenters. The van der Waals surface area contributed by atoms with E-state index in [1.807, 2.05) is 18.2 Å². The lowest BCUT2D eigenvalue weighted by Gasteiger charge is -2.34. The highest BCUT2D eigenvalue weighted by atomic mass is 127. The van der Waals surface area contributed by atoms with E-state index in [1.165, 1.54) is 12.1 Å². The highest BCUT2D eigenvalue weighted by Gasteiger charge is 2.21. The van der Waals surface area contributed by atoms with Gasteiger partial charge in [-0.3, -0.25) is 4.99 Å². The van der Waals surface area contributed by atoms with Crippen LogP contribution in [0.3, 0.4) is 0 Å². The Labute approximate surface area is 211 Å². The summed E-state index contributed by atoms with van der Waals surface area (Å²) in [4.78, 5) is 6.67. The van der Waals surface area contributed by atoms with Crippen molar-refractivity contribution in [1.29, 1.82) is 0 Å². The number of piperidine rings is 1. The molecule has 0 saturated carbocycles. The molecule has 0 atom stereocenters. The molecule has 0 spiro atoms. The Morgan fingerprint density at radius 1 is 1.12 bits per heavy atom.